The Morgan fingerprint density at radius 1 is 0.903 bits per heavy atom. The van der Waals surface area contributed by atoms with Gasteiger partial charge in [0.2, 0.25) is 5.91 Å². The predicted octanol–water partition coefficient (Wildman–Crippen LogP) is 4.11. The molecule has 31 heavy (non-hydrogen) atoms. The van der Waals surface area contributed by atoms with Crippen LogP contribution in [0.15, 0.2) is 53.7 Å². The Balaban J connectivity index is 1.65. The van der Waals surface area contributed by atoms with E-state index in [-0.39, 0.29) is 29.9 Å². The highest BCUT2D eigenvalue weighted by Gasteiger charge is 2.38. The lowest BCUT2D eigenvalue weighted by Gasteiger charge is -2.34. The zero-order valence-corrected chi connectivity index (χ0v) is 18.1. The molecular weight excluding hydrogens is 394 g/mol. The van der Waals surface area contributed by atoms with Crippen LogP contribution in [0.2, 0.25) is 0 Å². The molecule has 1 heterocycles. The van der Waals surface area contributed by atoms with Gasteiger partial charge in [0.05, 0.1) is 20.8 Å². The molecule has 0 fully saturated rings. The maximum absolute atomic E-state index is 13.3. The third kappa shape index (κ3) is 4.15. The summed E-state index contributed by atoms with van der Waals surface area (Å²) in [5, 5.41) is 2.97. The standard InChI is InChI=1S/C25H27NO5/c1-4-31-18-8-5-15(6-9-18)19-14-24(28)26-20-11-17(12-21(27)25(19)20)16-7-10-22(29-2)23(13-16)30-3/h5-10,13,17,19H,4,11-12,14H2,1-3H3,(H,26,28)/t17-,19-/m0/s1. The maximum Gasteiger partial charge on any atom is 0.225 e. The van der Waals surface area contributed by atoms with Crippen LogP contribution in [0, 0.1) is 0 Å². The molecule has 0 bridgehead atoms. The van der Waals surface area contributed by atoms with Crippen LogP contribution in [-0.2, 0) is 9.59 Å². The van der Waals surface area contributed by atoms with E-state index < -0.39 is 0 Å². The van der Waals surface area contributed by atoms with Gasteiger partial charge < -0.3 is 19.5 Å². The summed E-state index contributed by atoms with van der Waals surface area (Å²) in [7, 11) is 3.19. The molecular formula is C25H27NO5. The fraction of sp³-hybridized carbons (Fsp3) is 0.360. The molecule has 0 saturated heterocycles. The normalized spacial score (nSPS) is 20.7. The fourth-order valence-electron chi connectivity index (χ4n) is 4.55. The minimum Gasteiger partial charge on any atom is -0.494 e. The third-order valence-corrected chi connectivity index (χ3v) is 6.01. The van der Waals surface area contributed by atoms with Gasteiger partial charge in [-0.15, -0.1) is 0 Å². The Morgan fingerprint density at radius 3 is 2.29 bits per heavy atom. The van der Waals surface area contributed by atoms with Gasteiger partial charge in [0.15, 0.2) is 17.3 Å². The average Bonchev–Trinajstić information content (AvgIpc) is 2.78. The second-order valence-electron chi connectivity index (χ2n) is 7.84. The van der Waals surface area contributed by atoms with Gasteiger partial charge in [0, 0.05) is 30.0 Å². The fourth-order valence-corrected chi connectivity index (χ4v) is 4.55. The number of rotatable bonds is 6. The number of hydrogen-bond donors (Lipinski definition) is 1. The van der Waals surface area contributed by atoms with Crippen LogP contribution in [0.3, 0.4) is 0 Å². The number of Topliss-reactive ketones (excluding diaryl/α,β-unsaturated/α-hetero) is 1. The molecule has 2 aliphatic rings. The number of carbonyl (C=O) groups excluding carboxylic acids is 2. The number of benzene rings is 2. The Hall–Kier alpha value is -3.28. The molecule has 4 rings (SSSR count). The van der Waals surface area contributed by atoms with Crippen LogP contribution in [0.25, 0.3) is 0 Å². The van der Waals surface area contributed by atoms with Crippen LogP contribution >= 0.6 is 0 Å². The summed E-state index contributed by atoms with van der Waals surface area (Å²) in [5.74, 6) is 1.84. The quantitative estimate of drug-likeness (QED) is 0.760. The zero-order valence-electron chi connectivity index (χ0n) is 18.1. The first-order valence-corrected chi connectivity index (χ1v) is 10.5. The molecule has 0 saturated carbocycles. The topological polar surface area (TPSA) is 73.9 Å². The Bertz CT molecular complexity index is 1020. The average molecular weight is 421 g/mol. The van der Waals surface area contributed by atoms with Gasteiger partial charge in [-0.2, -0.15) is 0 Å². The van der Waals surface area contributed by atoms with Crippen molar-refractivity contribution >= 4 is 11.7 Å². The van der Waals surface area contributed by atoms with Crippen molar-refractivity contribution in [2.45, 2.75) is 38.0 Å². The number of carbonyl (C=O) groups is 2. The molecule has 6 nitrogen and oxygen atoms in total. The summed E-state index contributed by atoms with van der Waals surface area (Å²) in [4.78, 5) is 25.7. The molecule has 0 spiro atoms. The van der Waals surface area contributed by atoms with Gasteiger partial charge in [-0.25, -0.2) is 0 Å². The smallest absolute Gasteiger partial charge is 0.225 e. The molecule has 1 N–H and O–H groups in total. The SMILES string of the molecule is CCOc1ccc([C@@H]2CC(=O)NC3=C2C(=O)C[C@@H](c2ccc(OC)c(OC)c2)C3)cc1. The molecule has 0 unspecified atom stereocenters. The number of ketones is 1. The molecule has 0 aromatic heterocycles. The van der Waals surface area contributed by atoms with Gasteiger partial charge in [-0.05, 0) is 54.7 Å². The number of allylic oxidation sites excluding steroid dienone is 2. The van der Waals surface area contributed by atoms with Crippen LogP contribution < -0.4 is 19.5 Å². The number of methoxy groups -OCH3 is 2. The van der Waals surface area contributed by atoms with E-state index in [2.05, 4.69) is 5.32 Å². The van der Waals surface area contributed by atoms with Crippen molar-refractivity contribution in [2.24, 2.45) is 0 Å². The number of hydrogen-bond acceptors (Lipinski definition) is 5. The Labute approximate surface area is 182 Å². The van der Waals surface area contributed by atoms with Gasteiger partial charge in [0.25, 0.3) is 0 Å². The second-order valence-corrected chi connectivity index (χ2v) is 7.84. The molecule has 6 heteroatoms. The zero-order chi connectivity index (χ0) is 22.0. The molecule has 1 aliphatic carbocycles. The van der Waals surface area contributed by atoms with Crippen LogP contribution in [0.5, 0.6) is 17.2 Å². The number of amides is 1. The first kappa shape index (κ1) is 21.0. The monoisotopic (exact) mass is 421 g/mol. The van der Waals surface area contributed by atoms with Crippen molar-refractivity contribution in [3.8, 4) is 17.2 Å². The summed E-state index contributed by atoms with van der Waals surface area (Å²) in [5.41, 5.74) is 3.44. The van der Waals surface area contributed by atoms with E-state index in [1.807, 2.05) is 49.4 Å². The van der Waals surface area contributed by atoms with E-state index in [0.29, 0.717) is 30.9 Å². The van der Waals surface area contributed by atoms with Gasteiger partial charge >= 0.3 is 0 Å². The van der Waals surface area contributed by atoms with E-state index in [1.165, 1.54) is 0 Å². The minimum atomic E-state index is -0.224. The van der Waals surface area contributed by atoms with Crippen LogP contribution in [0.4, 0.5) is 0 Å². The molecule has 1 aliphatic heterocycles. The van der Waals surface area contributed by atoms with Gasteiger partial charge in [-0.1, -0.05) is 18.2 Å². The lowest BCUT2D eigenvalue weighted by atomic mass is 9.73. The number of nitrogens with one attached hydrogen (secondary N) is 1. The summed E-state index contributed by atoms with van der Waals surface area (Å²) < 4.78 is 16.3. The van der Waals surface area contributed by atoms with Gasteiger partial charge in [0.1, 0.15) is 5.75 Å². The first-order chi connectivity index (χ1) is 15.0. The maximum atomic E-state index is 13.3. The molecule has 2 aromatic carbocycles. The Kier molecular flexibility index (Phi) is 5.98. The highest BCUT2D eigenvalue weighted by Crippen LogP contribution is 2.44. The van der Waals surface area contributed by atoms with Crippen LogP contribution in [-0.4, -0.2) is 32.5 Å². The van der Waals surface area contributed by atoms with Crippen molar-refractivity contribution < 1.29 is 23.8 Å². The third-order valence-electron chi connectivity index (χ3n) is 6.01. The van der Waals surface area contributed by atoms with E-state index in [4.69, 9.17) is 14.2 Å². The van der Waals surface area contributed by atoms with Gasteiger partial charge in [-0.3, -0.25) is 9.59 Å². The van der Waals surface area contributed by atoms with E-state index in [1.54, 1.807) is 14.2 Å². The van der Waals surface area contributed by atoms with Crippen molar-refractivity contribution in [3.05, 3.63) is 64.9 Å². The van der Waals surface area contributed by atoms with E-state index >= 15 is 0 Å². The van der Waals surface area contributed by atoms with Crippen molar-refractivity contribution in [2.75, 3.05) is 20.8 Å². The molecule has 1 amide bonds. The summed E-state index contributed by atoms with van der Waals surface area (Å²) in [6.45, 7) is 2.53. The lowest BCUT2D eigenvalue weighted by molar-refractivity contribution is -0.122. The molecule has 162 valence electrons. The summed E-state index contributed by atoms with van der Waals surface area (Å²) >= 11 is 0. The summed E-state index contributed by atoms with van der Waals surface area (Å²) in [6.07, 6.45) is 1.28. The van der Waals surface area contributed by atoms with Crippen molar-refractivity contribution in [1.29, 1.82) is 0 Å². The molecule has 2 atom stereocenters. The van der Waals surface area contributed by atoms with Crippen molar-refractivity contribution in [1.82, 2.24) is 5.32 Å². The van der Waals surface area contributed by atoms with E-state index in [9.17, 15) is 9.59 Å². The molecule has 0 radical (unpaired) electrons. The van der Waals surface area contributed by atoms with Crippen LogP contribution in [0.1, 0.15) is 49.1 Å². The highest BCUT2D eigenvalue weighted by molar-refractivity contribution is 6.02. The lowest BCUT2D eigenvalue weighted by Crippen LogP contribution is -2.38. The molecule has 2 aromatic rings. The van der Waals surface area contributed by atoms with Crippen molar-refractivity contribution in [3.63, 3.8) is 0 Å². The Morgan fingerprint density at radius 2 is 1.61 bits per heavy atom. The highest BCUT2D eigenvalue weighted by atomic mass is 16.5. The largest absolute Gasteiger partial charge is 0.494 e. The number of ether oxygens (including phenoxy) is 3. The summed E-state index contributed by atoms with van der Waals surface area (Å²) in [6, 6.07) is 13.4. The van der Waals surface area contributed by atoms with E-state index in [0.717, 1.165) is 28.1 Å². The second kappa shape index (κ2) is 8.84. The minimum absolute atomic E-state index is 0.0227. The first-order valence-electron chi connectivity index (χ1n) is 10.5. The predicted molar refractivity (Wildman–Crippen MR) is 117 cm³/mol.